The van der Waals surface area contributed by atoms with Gasteiger partial charge in [-0.3, -0.25) is 10.0 Å². The van der Waals surface area contributed by atoms with E-state index in [-0.39, 0.29) is 0 Å². The van der Waals surface area contributed by atoms with Gasteiger partial charge >= 0.3 is 0 Å². The molecule has 1 aliphatic rings. The highest BCUT2D eigenvalue weighted by atomic mass is 15.5. The first-order chi connectivity index (χ1) is 5.27. The molecule has 3 nitrogen and oxygen atoms in total. The molecule has 11 heavy (non-hydrogen) atoms. The highest BCUT2D eigenvalue weighted by Gasteiger charge is 2.09. The van der Waals surface area contributed by atoms with E-state index in [4.69, 9.17) is 0 Å². The third-order valence-corrected chi connectivity index (χ3v) is 1.83. The Morgan fingerprint density at radius 3 is 2.73 bits per heavy atom. The van der Waals surface area contributed by atoms with Gasteiger partial charge in [0.05, 0.1) is 12.3 Å². The van der Waals surface area contributed by atoms with Crippen molar-refractivity contribution in [3.63, 3.8) is 0 Å². The van der Waals surface area contributed by atoms with Crippen molar-refractivity contribution in [2.45, 2.75) is 27.2 Å². The van der Waals surface area contributed by atoms with Gasteiger partial charge in [0, 0.05) is 6.54 Å². The predicted molar refractivity (Wildman–Crippen MR) is 48.1 cm³/mol. The summed E-state index contributed by atoms with van der Waals surface area (Å²) in [6, 6.07) is 0. The summed E-state index contributed by atoms with van der Waals surface area (Å²) < 4.78 is 0. The Hall–Kier alpha value is -0.860. The fourth-order valence-corrected chi connectivity index (χ4v) is 1.04. The molecular weight excluding hydrogens is 138 g/mol. The molecule has 0 bridgehead atoms. The van der Waals surface area contributed by atoms with Crippen LogP contribution in [0.5, 0.6) is 0 Å². The Morgan fingerprint density at radius 1 is 1.45 bits per heavy atom. The van der Waals surface area contributed by atoms with Gasteiger partial charge in [0.1, 0.15) is 5.84 Å². The Kier molecular flexibility index (Phi) is 2.63. The second-order valence-electron chi connectivity index (χ2n) is 2.60. The molecule has 3 heteroatoms. The Morgan fingerprint density at radius 2 is 2.18 bits per heavy atom. The van der Waals surface area contributed by atoms with Crippen LogP contribution >= 0.6 is 0 Å². The summed E-state index contributed by atoms with van der Waals surface area (Å²) in [6.07, 6.45) is 1.01. The van der Waals surface area contributed by atoms with E-state index < -0.39 is 0 Å². The smallest absolute Gasteiger partial charge is 0.117 e. The van der Waals surface area contributed by atoms with Crippen LogP contribution in [0.25, 0.3) is 0 Å². The van der Waals surface area contributed by atoms with Crippen LogP contribution in [0.4, 0.5) is 0 Å². The summed E-state index contributed by atoms with van der Waals surface area (Å²) in [6.45, 7) is 7.90. The van der Waals surface area contributed by atoms with E-state index in [1.165, 1.54) is 5.71 Å². The van der Waals surface area contributed by atoms with Crippen LogP contribution in [-0.4, -0.2) is 29.6 Å². The van der Waals surface area contributed by atoms with Gasteiger partial charge in [-0.15, -0.1) is 0 Å². The molecule has 0 N–H and O–H groups in total. The van der Waals surface area contributed by atoms with E-state index in [0.717, 1.165) is 25.3 Å². The van der Waals surface area contributed by atoms with Gasteiger partial charge in [0.25, 0.3) is 0 Å². The number of amidine groups is 1. The van der Waals surface area contributed by atoms with Gasteiger partial charge in [0.15, 0.2) is 0 Å². The van der Waals surface area contributed by atoms with E-state index >= 15 is 0 Å². The molecule has 0 amide bonds. The second kappa shape index (κ2) is 3.51. The summed E-state index contributed by atoms with van der Waals surface area (Å²) in [5, 5.41) is 6.37. The fraction of sp³-hybridized carbons (Fsp3) is 0.750. The zero-order valence-corrected chi connectivity index (χ0v) is 7.46. The molecule has 0 aliphatic carbocycles. The minimum absolute atomic E-state index is 0.791. The van der Waals surface area contributed by atoms with Crippen molar-refractivity contribution in [2.24, 2.45) is 10.1 Å². The van der Waals surface area contributed by atoms with Crippen LogP contribution in [-0.2, 0) is 0 Å². The van der Waals surface area contributed by atoms with Gasteiger partial charge in [-0.1, -0.05) is 6.92 Å². The average molecular weight is 153 g/mol. The first kappa shape index (κ1) is 8.24. The van der Waals surface area contributed by atoms with Crippen molar-refractivity contribution in [2.75, 3.05) is 13.1 Å². The monoisotopic (exact) mass is 153 g/mol. The number of nitrogens with zero attached hydrogens (tertiary/aromatic N) is 3. The van der Waals surface area contributed by atoms with E-state index in [9.17, 15) is 0 Å². The van der Waals surface area contributed by atoms with Gasteiger partial charge < -0.3 is 0 Å². The Labute approximate surface area is 67.8 Å². The molecular formula is C8H15N3. The van der Waals surface area contributed by atoms with Gasteiger partial charge in [-0.2, -0.15) is 5.10 Å². The summed E-state index contributed by atoms with van der Waals surface area (Å²) in [5.41, 5.74) is 1.18. The van der Waals surface area contributed by atoms with Crippen molar-refractivity contribution in [3.05, 3.63) is 0 Å². The van der Waals surface area contributed by atoms with E-state index in [1.54, 1.807) is 0 Å². The number of hydrazone groups is 1. The Balaban J connectivity index is 2.66. The minimum Gasteiger partial charge on any atom is -0.265 e. The largest absolute Gasteiger partial charge is 0.265 e. The molecule has 1 heterocycles. The standard InChI is InChI=1S/C8H15N3/c1-4-8-6-9-7(3)11(5-2)10-8/h4-6H2,1-3H3. The molecule has 1 rings (SSSR count). The molecule has 0 unspecified atom stereocenters. The van der Waals surface area contributed by atoms with E-state index in [0.29, 0.717) is 0 Å². The molecule has 0 saturated carbocycles. The lowest BCUT2D eigenvalue weighted by Gasteiger charge is -2.21. The average Bonchev–Trinajstić information content (AvgIpc) is 2.05. The maximum atomic E-state index is 4.42. The number of hydrogen-bond donors (Lipinski definition) is 0. The highest BCUT2D eigenvalue weighted by Crippen LogP contribution is 2.02. The number of rotatable bonds is 2. The maximum absolute atomic E-state index is 4.42. The summed E-state index contributed by atoms with van der Waals surface area (Å²) in [5.74, 6) is 1.03. The van der Waals surface area contributed by atoms with E-state index in [1.807, 2.05) is 11.9 Å². The second-order valence-corrected chi connectivity index (χ2v) is 2.60. The molecule has 1 aliphatic heterocycles. The van der Waals surface area contributed by atoms with Crippen LogP contribution in [0.1, 0.15) is 27.2 Å². The molecule has 0 atom stereocenters. The van der Waals surface area contributed by atoms with Crippen molar-refractivity contribution >= 4 is 11.5 Å². The fourth-order valence-electron chi connectivity index (χ4n) is 1.04. The highest BCUT2D eigenvalue weighted by molar-refractivity contribution is 5.93. The maximum Gasteiger partial charge on any atom is 0.117 e. The van der Waals surface area contributed by atoms with Gasteiger partial charge in [-0.25, -0.2) is 0 Å². The van der Waals surface area contributed by atoms with Gasteiger partial charge in [0.2, 0.25) is 0 Å². The zero-order valence-electron chi connectivity index (χ0n) is 7.46. The molecule has 0 fully saturated rings. The van der Waals surface area contributed by atoms with Crippen LogP contribution in [0.15, 0.2) is 10.1 Å². The SMILES string of the molecule is CCC1=NN(CC)C(C)=NC1. The minimum atomic E-state index is 0.791. The van der Waals surface area contributed by atoms with E-state index in [2.05, 4.69) is 23.9 Å². The lowest BCUT2D eigenvalue weighted by molar-refractivity contribution is 0.457. The third-order valence-electron chi connectivity index (χ3n) is 1.83. The molecule has 0 aromatic rings. The van der Waals surface area contributed by atoms with Crippen molar-refractivity contribution in [3.8, 4) is 0 Å². The van der Waals surface area contributed by atoms with Crippen molar-refractivity contribution < 1.29 is 0 Å². The normalized spacial score (nSPS) is 17.9. The first-order valence-corrected chi connectivity index (χ1v) is 4.12. The molecule has 0 aromatic carbocycles. The molecule has 0 saturated heterocycles. The molecule has 0 aromatic heterocycles. The summed E-state index contributed by atoms with van der Waals surface area (Å²) in [7, 11) is 0. The molecule has 0 spiro atoms. The number of hydrogen-bond acceptors (Lipinski definition) is 3. The molecule has 0 radical (unpaired) electrons. The zero-order chi connectivity index (χ0) is 8.27. The molecule has 62 valence electrons. The van der Waals surface area contributed by atoms with Crippen LogP contribution in [0.3, 0.4) is 0 Å². The van der Waals surface area contributed by atoms with Gasteiger partial charge in [-0.05, 0) is 20.3 Å². The quantitative estimate of drug-likeness (QED) is 0.591. The van der Waals surface area contributed by atoms with Crippen molar-refractivity contribution in [1.82, 2.24) is 5.01 Å². The topological polar surface area (TPSA) is 28.0 Å². The predicted octanol–water partition coefficient (Wildman–Crippen LogP) is 1.51. The van der Waals surface area contributed by atoms with Crippen LogP contribution < -0.4 is 0 Å². The summed E-state index contributed by atoms with van der Waals surface area (Å²) in [4.78, 5) is 4.35. The van der Waals surface area contributed by atoms with Crippen LogP contribution in [0, 0.1) is 0 Å². The lowest BCUT2D eigenvalue weighted by Crippen LogP contribution is -2.29. The third kappa shape index (κ3) is 1.79. The Bertz CT molecular complexity index is 194. The number of aliphatic imine (C=N–C) groups is 1. The first-order valence-electron chi connectivity index (χ1n) is 4.12. The van der Waals surface area contributed by atoms with Crippen LogP contribution in [0.2, 0.25) is 0 Å². The lowest BCUT2D eigenvalue weighted by atomic mass is 10.3. The summed E-state index contributed by atoms with van der Waals surface area (Å²) >= 11 is 0. The van der Waals surface area contributed by atoms with Crippen molar-refractivity contribution in [1.29, 1.82) is 0 Å².